The van der Waals surface area contributed by atoms with Crippen molar-refractivity contribution in [3.8, 4) is 0 Å². The van der Waals surface area contributed by atoms with Crippen molar-refractivity contribution in [2.75, 3.05) is 12.3 Å². The van der Waals surface area contributed by atoms with Gasteiger partial charge in [-0.05, 0) is 36.2 Å². The smallest absolute Gasteiger partial charge is 0.230 e. The molecule has 0 spiro atoms. The molecule has 0 fully saturated rings. The Morgan fingerprint density at radius 3 is 2.58 bits per heavy atom. The average Bonchev–Trinajstić information content (AvgIpc) is 2.47. The van der Waals surface area contributed by atoms with Crippen molar-refractivity contribution in [1.82, 2.24) is 10.3 Å². The molecule has 0 aliphatic rings. The molecule has 2 aromatic rings. The first kappa shape index (κ1) is 13.6. The average molecular weight is 272 g/mol. The molecule has 0 saturated carbocycles. The van der Waals surface area contributed by atoms with Crippen LogP contribution in [0.25, 0.3) is 0 Å². The SMILES string of the molecule is O=C(CSc1ccccc1)NCCc1ccncc1. The van der Waals surface area contributed by atoms with Gasteiger partial charge in [-0.1, -0.05) is 18.2 Å². The Labute approximate surface area is 117 Å². The summed E-state index contributed by atoms with van der Waals surface area (Å²) in [5.41, 5.74) is 1.19. The van der Waals surface area contributed by atoms with Crippen molar-refractivity contribution in [1.29, 1.82) is 0 Å². The Kier molecular flexibility index (Phi) is 5.44. The number of carbonyl (C=O) groups excluding carboxylic acids is 1. The minimum atomic E-state index is 0.0721. The lowest BCUT2D eigenvalue weighted by atomic mass is 10.2. The number of pyridine rings is 1. The molecule has 4 heteroatoms. The second-order valence-electron chi connectivity index (χ2n) is 4.06. The number of hydrogen-bond donors (Lipinski definition) is 1. The minimum Gasteiger partial charge on any atom is -0.355 e. The molecule has 1 aromatic heterocycles. The standard InChI is InChI=1S/C15H16N2OS/c18-15(12-19-14-4-2-1-3-5-14)17-11-8-13-6-9-16-10-7-13/h1-7,9-10H,8,11-12H2,(H,17,18). The summed E-state index contributed by atoms with van der Waals surface area (Å²) in [5, 5.41) is 2.92. The summed E-state index contributed by atoms with van der Waals surface area (Å²) in [6.07, 6.45) is 4.37. The molecule has 1 N–H and O–H groups in total. The summed E-state index contributed by atoms with van der Waals surface area (Å²) in [5.74, 6) is 0.531. The van der Waals surface area contributed by atoms with Crippen molar-refractivity contribution < 1.29 is 4.79 Å². The number of rotatable bonds is 6. The second kappa shape index (κ2) is 7.59. The second-order valence-corrected chi connectivity index (χ2v) is 5.11. The van der Waals surface area contributed by atoms with Crippen LogP contribution in [0.5, 0.6) is 0 Å². The summed E-state index contributed by atoms with van der Waals surface area (Å²) >= 11 is 1.55. The summed E-state index contributed by atoms with van der Waals surface area (Å²) < 4.78 is 0. The zero-order valence-electron chi connectivity index (χ0n) is 10.6. The van der Waals surface area contributed by atoms with E-state index in [2.05, 4.69) is 10.3 Å². The Morgan fingerprint density at radius 1 is 1.11 bits per heavy atom. The van der Waals surface area contributed by atoms with Crippen molar-refractivity contribution in [2.45, 2.75) is 11.3 Å². The molecular weight excluding hydrogens is 256 g/mol. The monoisotopic (exact) mass is 272 g/mol. The van der Waals surface area contributed by atoms with Gasteiger partial charge in [-0.25, -0.2) is 0 Å². The highest BCUT2D eigenvalue weighted by atomic mass is 32.2. The molecule has 0 aliphatic carbocycles. The molecular formula is C15H16N2OS. The van der Waals surface area contributed by atoms with Gasteiger partial charge in [-0.2, -0.15) is 0 Å². The van der Waals surface area contributed by atoms with Crippen molar-refractivity contribution in [3.63, 3.8) is 0 Å². The van der Waals surface area contributed by atoms with Crippen molar-refractivity contribution in [2.24, 2.45) is 0 Å². The number of nitrogens with zero attached hydrogens (tertiary/aromatic N) is 1. The lowest BCUT2D eigenvalue weighted by Crippen LogP contribution is -2.27. The lowest BCUT2D eigenvalue weighted by molar-refractivity contribution is -0.118. The predicted molar refractivity (Wildman–Crippen MR) is 78.1 cm³/mol. The third-order valence-electron chi connectivity index (χ3n) is 2.60. The van der Waals surface area contributed by atoms with Crippen LogP contribution in [0, 0.1) is 0 Å². The maximum atomic E-state index is 11.7. The summed E-state index contributed by atoms with van der Waals surface area (Å²) in [6.45, 7) is 0.665. The Bertz CT molecular complexity index is 502. The normalized spacial score (nSPS) is 10.1. The summed E-state index contributed by atoms with van der Waals surface area (Å²) in [6, 6.07) is 13.9. The first-order chi connectivity index (χ1) is 9.34. The zero-order chi connectivity index (χ0) is 13.3. The van der Waals surface area contributed by atoms with E-state index in [0.29, 0.717) is 12.3 Å². The van der Waals surface area contributed by atoms with E-state index < -0.39 is 0 Å². The van der Waals surface area contributed by atoms with Crippen LogP contribution in [-0.2, 0) is 11.2 Å². The fraction of sp³-hybridized carbons (Fsp3) is 0.200. The number of amides is 1. The molecule has 0 unspecified atom stereocenters. The van der Waals surface area contributed by atoms with E-state index in [4.69, 9.17) is 0 Å². The quantitative estimate of drug-likeness (QED) is 0.822. The van der Waals surface area contributed by atoms with Gasteiger partial charge in [0.25, 0.3) is 0 Å². The number of benzene rings is 1. The fourth-order valence-corrected chi connectivity index (χ4v) is 2.36. The first-order valence-electron chi connectivity index (χ1n) is 6.18. The summed E-state index contributed by atoms with van der Waals surface area (Å²) in [7, 11) is 0. The largest absolute Gasteiger partial charge is 0.355 e. The predicted octanol–water partition coefficient (Wildman–Crippen LogP) is 2.53. The molecule has 19 heavy (non-hydrogen) atoms. The van der Waals surface area contributed by atoms with Crippen LogP contribution in [0.3, 0.4) is 0 Å². The van der Waals surface area contributed by atoms with E-state index in [0.717, 1.165) is 11.3 Å². The third kappa shape index (κ3) is 5.14. The third-order valence-corrected chi connectivity index (χ3v) is 3.61. The molecule has 1 heterocycles. The number of thioether (sulfide) groups is 1. The lowest BCUT2D eigenvalue weighted by Gasteiger charge is -2.05. The zero-order valence-corrected chi connectivity index (χ0v) is 11.4. The molecule has 98 valence electrons. The van der Waals surface area contributed by atoms with Crippen LogP contribution in [0.2, 0.25) is 0 Å². The van der Waals surface area contributed by atoms with Crippen LogP contribution < -0.4 is 5.32 Å². The van der Waals surface area contributed by atoms with E-state index >= 15 is 0 Å². The highest BCUT2D eigenvalue weighted by Crippen LogP contribution is 2.16. The number of hydrogen-bond acceptors (Lipinski definition) is 3. The van der Waals surface area contributed by atoms with E-state index in [1.165, 1.54) is 5.56 Å². The van der Waals surface area contributed by atoms with E-state index in [9.17, 15) is 4.79 Å². The van der Waals surface area contributed by atoms with E-state index in [1.54, 1.807) is 24.2 Å². The van der Waals surface area contributed by atoms with Crippen LogP contribution in [0.1, 0.15) is 5.56 Å². The Balaban J connectivity index is 1.65. The molecule has 0 saturated heterocycles. The van der Waals surface area contributed by atoms with Gasteiger partial charge in [0.15, 0.2) is 0 Å². The molecule has 1 aromatic carbocycles. The van der Waals surface area contributed by atoms with Gasteiger partial charge in [0.2, 0.25) is 5.91 Å². The van der Waals surface area contributed by atoms with Gasteiger partial charge in [-0.15, -0.1) is 11.8 Å². The molecule has 2 rings (SSSR count). The number of aromatic nitrogens is 1. The van der Waals surface area contributed by atoms with Crippen LogP contribution >= 0.6 is 11.8 Å². The molecule has 0 bridgehead atoms. The van der Waals surface area contributed by atoms with Gasteiger partial charge in [0, 0.05) is 23.8 Å². The Morgan fingerprint density at radius 2 is 1.84 bits per heavy atom. The molecule has 0 aliphatic heterocycles. The number of nitrogens with one attached hydrogen (secondary N) is 1. The maximum absolute atomic E-state index is 11.7. The molecule has 1 amide bonds. The van der Waals surface area contributed by atoms with Gasteiger partial charge < -0.3 is 5.32 Å². The van der Waals surface area contributed by atoms with Crippen LogP contribution in [0.15, 0.2) is 59.8 Å². The van der Waals surface area contributed by atoms with E-state index in [-0.39, 0.29) is 5.91 Å². The van der Waals surface area contributed by atoms with Crippen molar-refractivity contribution >= 4 is 17.7 Å². The summed E-state index contributed by atoms with van der Waals surface area (Å²) in [4.78, 5) is 16.7. The fourth-order valence-electron chi connectivity index (χ4n) is 1.61. The van der Waals surface area contributed by atoms with Crippen LogP contribution in [0.4, 0.5) is 0 Å². The topological polar surface area (TPSA) is 42.0 Å². The first-order valence-corrected chi connectivity index (χ1v) is 7.16. The highest BCUT2D eigenvalue weighted by molar-refractivity contribution is 8.00. The van der Waals surface area contributed by atoms with Gasteiger partial charge in [0.05, 0.1) is 5.75 Å². The number of carbonyl (C=O) groups is 1. The molecule has 3 nitrogen and oxygen atoms in total. The van der Waals surface area contributed by atoms with Crippen LogP contribution in [-0.4, -0.2) is 23.2 Å². The van der Waals surface area contributed by atoms with Gasteiger partial charge >= 0.3 is 0 Å². The highest BCUT2D eigenvalue weighted by Gasteiger charge is 2.02. The Hall–Kier alpha value is -1.81. The van der Waals surface area contributed by atoms with E-state index in [1.807, 2.05) is 42.5 Å². The molecule has 0 atom stereocenters. The van der Waals surface area contributed by atoms with Gasteiger partial charge in [-0.3, -0.25) is 9.78 Å². The van der Waals surface area contributed by atoms with Crippen molar-refractivity contribution in [3.05, 3.63) is 60.4 Å². The maximum Gasteiger partial charge on any atom is 0.230 e. The molecule has 0 radical (unpaired) electrons. The van der Waals surface area contributed by atoms with Gasteiger partial charge in [0.1, 0.15) is 0 Å². The minimum absolute atomic E-state index is 0.0721.